The van der Waals surface area contributed by atoms with E-state index in [2.05, 4.69) is 6.92 Å². The second-order valence-electron chi connectivity index (χ2n) is 4.48. The van der Waals surface area contributed by atoms with Gasteiger partial charge in [-0.3, -0.25) is 0 Å². The van der Waals surface area contributed by atoms with Gasteiger partial charge in [0.25, 0.3) is 0 Å². The molecular formula is C12H15FO. The first-order chi connectivity index (χ1) is 6.53. The topological polar surface area (TPSA) is 20.2 Å². The van der Waals surface area contributed by atoms with E-state index in [0.29, 0.717) is 0 Å². The number of aliphatic hydroxyl groups is 1. The molecule has 1 saturated carbocycles. The number of hydrogen-bond donors (Lipinski definition) is 1. The third-order valence-corrected chi connectivity index (χ3v) is 3.12. The summed E-state index contributed by atoms with van der Waals surface area (Å²) in [6, 6.07) is 4.91. The molecule has 1 aliphatic rings. The van der Waals surface area contributed by atoms with Gasteiger partial charge in [-0.2, -0.15) is 0 Å². The van der Waals surface area contributed by atoms with Gasteiger partial charge in [0, 0.05) is 0 Å². The molecule has 0 aromatic heterocycles. The summed E-state index contributed by atoms with van der Waals surface area (Å²) in [6.45, 7) is 3.77. The van der Waals surface area contributed by atoms with Crippen molar-refractivity contribution in [1.29, 1.82) is 0 Å². The van der Waals surface area contributed by atoms with Crippen LogP contribution in [0, 0.1) is 5.82 Å². The third kappa shape index (κ3) is 1.55. The van der Waals surface area contributed by atoms with Crippen molar-refractivity contribution in [2.75, 3.05) is 0 Å². The minimum Gasteiger partial charge on any atom is -0.389 e. The molecule has 0 aliphatic heterocycles. The molecule has 1 unspecified atom stereocenters. The molecule has 1 nitrogen and oxygen atoms in total. The van der Waals surface area contributed by atoms with Gasteiger partial charge in [0.2, 0.25) is 0 Å². The van der Waals surface area contributed by atoms with Crippen molar-refractivity contribution >= 4 is 0 Å². The fourth-order valence-electron chi connectivity index (χ4n) is 1.72. The Morgan fingerprint density at radius 3 is 2.57 bits per heavy atom. The van der Waals surface area contributed by atoms with Crippen LogP contribution in [0.2, 0.25) is 0 Å². The number of hydrogen-bond acceptors (Lipinski definition) is 1. The Morgan fingerprint density at radius 2 is 2.07 bits per heavy atom. The zero-order chi connectivity index (χ0) is 10.3. The Kier molecular flexibility index (Phi) is 2.11. The van der Waals surface area contributed by atoms with Gasteiger partial charge in [-0.05, 0) is 48.4 Å². The molecule has 0 saturated heterocycles. The molecule has 0 radical (unpaired) electrons. The lowest BCUT2D eigenvalue weighted by Gasteiger charge is -2.13. The van der Waals surface area contributed by atoms with E-state index in [-0.39, 0.29) is 11.2 Å². The van der Waals surface area contributed by atoms with E-state index < -0.39 is 6.10 Å². The van der Waals surface area contributed by atoms with E-state index in [1.165, 1.54) is 6.07 Å². The zero-order valence-electron chi connectivity index (χ0n) is 8.55. The van der Waals surface area contributed by atoms with Crippen LogP contribution >= 0.6 is 0 Å². The smallest absolute Gasteiger partial charge is 0.126 e. The fourth-order valence-corrected chi connectivity index (χ4v) is 1.72. The number of rotatable bonds is 2. The number of benzene rings is 1. The summed E-state index contributed by atoms with van der Waals surface area (Å²) < 4.78 is 13.5. The average molecular weight is 194 g/mol. The van der Waals surface area contributed by atoms with Crippen LogP contribution in [0.3, 0.4) is 0 Å². The third-order valence-electron chi connectivity index (χ3n) is 3.12. The molecule has 2 rings (SSSR count). The van der Waals surface area contributed by atoms with E-state index in [4.69, 9.17) is 0 Å². The lowest BCUT2D eigenvalue weighted by Crippen LogP contribution is -2.05. The van der Waals surface area contributed by atoms with Crippen molar-refractivity contribution < 1.29 is 9.50 Å². The standard InChI is InChI=1S/C12H15FO/c1-8(14)9-3-4-11(13)10(7-9)12(2)5-6-12/h3-4,7-8,14H,5-6H2,1-2H3. The van der Waals surface area contributed by atoms with E-state index in [1.54, 1.807) is 19.1 Å². The molecule has 1 atom stereocenters. The Hall–Kier alpha value is -0.890. The summed E-state index contributed by atoms with van der Waals surface area (Å²) in [7, 11) is 0. The molecule has 0 heterocycles. The van der Waals surface area contributed by atoms with Gasteiger partial charge in [-0.15, -0.1) is 0 Å². The van der Waals surface area contributed by atoms with Gasteiger partial charge in [-0.1, -0.05) is 13.0 Å². The van der Waals surface area contributed by atoms with Crippen LogP contribution in [0.5, 0.6) is 0 Å². The van der Waals surface area contributed by atoms with Gasteiger partial charge in [-0.25, -0.2) is 4.39 Å². The molecule has 1 aliphatic carbocycles. The van der Waals surface area contributed by atoms with Gasteiger partial charge in [0.05, 0.1) is 6.10 Å². The minimum atomic E-state index is -0.517. The van der Waals surface area contributed by atoms with Gasteiger partial charge >= 0.3 is 0 Å². The highest BCUT2D eigenvalue weighted by molar-refractivity contribution is 5.35. The molecule has 1 aromatic carbocycles. The molecule has 1 aromatic rings. The van der Waals surface area contributed by atoms with Crippen molar-refractivity contribution in [1.82, 2.24) is 0 Å². The SMILES string of the molecule is CC(O)c1ccc(F)c(C2(C)CC2)c1. The number of aliphatic hydroxyl groups excluding tert-OH is 1. The van der Waals surface area contributed by atoms with E-state index >= 15 is 0 Å². The average Bonchev–Trinajstić information content (AvgIpc) is 2.85. The van der Waals surface area contributed by atoms with Gasteiger partial charge < -0.3 is 5.11 Å². The monoisotopic (exact) mass is 194 g/mol. The van der Waals surface area contributed by atoms with E-state index in [1.807, 2.05) is 0 Å². The van der Waals surface area contributed by atoms with Crippen LogP contribution in [0.25, 0.3) is 0 Å². The van der Waals surface area contributed by atoms with Crippen molar-refractivity contribution in [2.24, 2.45) is 0 Å². The second-order valence-corrected chi connectivity index (χ2v) is 4.48. The fraction of sp³-hybridized carbons (Fsp3) is 0.500. The lowest BCUT2D eigenvalue weighted by molar-refractivity contribution is 0.199. The first kappa shape index (κ1) is 9.66. The molecule has 2 heteroatoms. The minimum absolute atomic E-state index is 0.0228. The van der Waals surface area contributed by atoms with Crippen molar-refractivity contribution in [3.05, 3.63) is 35.1 Å². The van der Waals surface area contributed by atoms with Crippen LogP contribution in [-0.2, 0) is 5.41 Å². The Balaban J connectivity index is 2.43. The predicted molar refractivity (Wildman–Crippen MR) is 53.6 cm³/mol. The highest BCUT2D eigenvalue weighted by atomic mass is 19.1. The summed E-state index contributed by atoms with van der Waals surface area (Å²) >= 11 is 0. The summed E-state index contributed by atoms with van der Waals surface area (Å²) in [5.74, 6) is -0.144. The molecule has 0 spiro atoms. The summed E-state index contributed by atoms with van der Waals surface area (Å²) in [6.07, 6.45) is 1.58. The van der Waals surface area contributed by atoms with Crippen LogP contribution < -0.4 is 0 Å². The Bertz CT molecular complexity index is 353. The van der Waals surface area contributed by atoms with Crippen LogP contribution in [0.1, 0.15) is 43.9 Å². The lowest BCUT2D eigenvalue weighted by atomic mass is 9.94. The predicted octanol–water partition coefficient (Wildman–Crippen LogP) is 2.93. The Morgan fingerprint density at radius 1 is 1.43 bits per heavy atom. The molecule has 0 bridgehead atoms. The Labute approximate surface area is 83.6 Å². The maximum Gasteiger partial charge on any atom is 0.126 e. The maximum atomic E-state index is 13.5. The summed E-state index contributed by atoms with van der Waals surface area (Å²) in [4.78, 5) is 0. The number of halogens is 1. The molecule has 0 amide bonds. The highest BCUT2D eigenvalue weighted by Crippen LogP contribution is 2.48. The van der Waals surface area contributed by atoms with Crippen molar-refractivity contribution in [2.45, 2.75) is 38.2 Å². The summed E-state index contributed by atoms with van der Waals surface area (Å²) in [5.41, 5.74) is 1.58. The van der Waals surface area contributed by atoms with Crippen LogP contribution in [0.15, 0.2) is 18.2 Å². The first-order valence-electron chi connectivity index (χ1n) is 5.01. The quantitative estimate of drug-likeness (QED) is 0.767. The largest absolute Gasteiger partial charge is 0.389 e. The van der Waals surface area contributed by atoms with Crippen LogP contribution in [0.4, 0.5) is 4.39 Å². The molecular weight excluding hydrogens is 179 g/mol. The van der Waals surface area contributed by atoms with Crippen LogP contribution in [-0.4, -0.2) is 5.11 Å². The maximum absolute atomic E-state index is 13.5. The van der Waals surface area contributed by atoms with Gasteiger partial charge in [0.1, 0.15) is 5.82 Å². The van der Waals surface area contributed by atoms with Crippen molar-refractivity contribution in [3.63, 3.8) is 0 Å². The summed E-state index contributed by atoms with van der Waals surface area (Å²) in [5, 5.41) is 9.40. The molecule has 1 fully saturated rings. The first-order valence-corrected chi connectivity index (χ1v) is 5.01. The molecule has 76 valence electrons. The van der Waals surface area contributed by atoms with E-state index in [0.717, 1.165) is 24.0 Å². The second kappa shape index (κ2) is 3.06. The molecule has 14 heavy (non-hydrogen) atoms. The normalized spacial score (nSPS) is 20.6. The van der Waals surface area contributed by atoms with Gasteiger partial charge in [0.15, 0.2) is 0 Å². The highest BCUT2D eigenvalue weighted by Gasteiger charge is 2.41. The van der Waals surface area contributed by atoms with Crippen molar-refractivity contribution in [3.8, 4) is 0 Å². The van der Waals surface area contributed by atoms with E-state index in [9.17, 15) is 9.50 Å². The molecule has 1 N–H and O–H groups in total. The zero-order valence-corrected chi connectivity index (χ0v) is 8.55.